The van der Waals surface area contributed by atoms with E-state index in [0.717, 1.165) is 34.8 Å². The van der Waals surface area contributed by atoms with Gasteiger partial charge in [-0.1, -0.05) is 38.3 Å². The molecule has 0 saturated carbocycles. The number of thioether (sulfide) groups is 1. The lowest BCUT2D eigenvalue weighted by atomic mass is 10.1. The molecule has 2 heterocycles. The summed E-state index contributed by atoms with van der Waals surface area (Å²) in [4.78, 5) is 25.3. The van der Waals surface area contributed by atoms with Gasteiger partial charge >= 0.3 is 0 Å². The number of unbranched alkanes of at least 4 members (excludes halogenated alkanes) is 3. The number of nitrogens with zero attached hydrogens (tertiary/aromatic N) is 2. The number of carbonyl (C=O) groups excluding carboxylic acids is 2. The highest BCUT2D eigenvalue weighted by molar-refractivity contribution is 8.15. The van der Waals surface area contributed by atoms with Gasteiger partial charge in [-0.05, 0) is 35.9 Å². The first-order chi connectivity index (χ1) is 11.1. The van der Waals surface area contributed by atoms with Crippen LogP contribution in [-0.2, 0) is 11.3 Å². The maximum absolute atomic E-state index is 12.3. The van der Waals surface area contributed by atoms with Crippen LogP contribution in [0.15, 0.2) is 30.5 Å². The molecule has 0 bridgehead atoms. The lowest BCUT2D eigenvalue weighted by Gasteiger charge is -2.10. The van der Waals surface area contributed by atoms with E-state index in [4.69, 9.17) is 0 Å². The van der Waals surface area contributed by atoms with Gasteiger partial charge in [-0.3, -0.25) is 14.5 Å². The molecular weight excluding hydrogens is 308 g/mol. The summed E-state index contributed by atoms with van der Waals surface area (Å²) in [7, 11) is 1.55. The van der Waals surface area contributed by atoms with Crippen molar-refractivity contribution in [2.24, 2.45) is 0 Å². The highest BCUT2D eigenvalue weighted by Gasteiger charge is 2.38. The SMILES string of the molecule is CCCCCCn1ccc2c(C3SC(=O)N(C)C3=O)cccc21. The summed E-state index contributed by atoms with van der Waals surface area (Å²) in [6.07, 6.45) is 7.01. The second-order valence-corrected chi connectivity index (χ2v) is 7.07. The average molecular weight is 330 g/mol. The third-order valence-electron chi connectivity index (χ3n) is 4.43. The molecule has 5 heteroatoms. The summed E-state index contributed by atoms with van der Waals surface area (Å²) >= 11 is 1.11. The maximum Gasteiger partial charge on any atom is 0.289 e. The van der Waals surface area contributed by atoms with E-state index in [2.05, 4.69) is 29.8 Å². The topological polar surface area (TPSA) is 42.3 Å². The smallest absolute Gasteiger partial charge is 0.289 e. The predicted molar refractivity (Wildman–Crippen MR) is 94.6 cm³/mol. The fourth-order valence-corrected chi connectivity index (χ4v) is 4.11. The van der Waals surface area contributed by atoms with Crippen molar-refractivity contribution in [3.8, 4) is 0 Å². The molecule has 1 saturated heterocycles. The van der Waals surface area contributed by atoms with Crippen LogP contribution >= 0.6 is 11.8 Å². The molecule has 0 radical (unpaired) electrons. The first-order valence-corrected chi connectivity index (χ1v) is 9.07. The van der Waals surface area contributed by atoms with Crippen LogP contribution in [0.25, 0.3) is 10.9 Å². The van der Waals surface area contributed by atoms with E-state index in [-0.39, 0.29) is 11.1 Å². The summed E-state index contributed by atoms with van der Waals surface area (Å²) < 4.78 is 2.25. The van der Waals surface area contributed by atoms with Gasteiger partial charge in [0, 0.05) is 30.7 Å². The third kappa shape index (κ3) is 3.02. The molecule has 1 atom stereocenters. The maximum atomic E-state index is 12.3. The van der Waals surface area contributed by atoms with Crippen LogP contribution in [0.3, 0.4) is 0 Å². The van der Waals surface area contributed by atoms with E-state index < -0.39 is 5.25 Å². The van der Waals surface area contributed by atoms with Crippen LogP contribution in [0, 0.1) is 0 Å². The van der Waals surface area contributed by atoms with E-state index in [1.807, 2.05) is 12.1 Å². The van der Waals surface area contributed by atoms with E-state index >= 15 is 0 Å². The van der Waals surface area contributed by atoms with Crippen LogP contribution in [0.5, 0.6) is 0 Å². The fraction of sp³-hybridized carbons (Fsp3) is 0.444. The summed E-state index contributed by atoms with van der Waals surface area (Å²) in [6, 6.07) is 8.11. The van der Waals surface area contributed by atoms with Crippen molar-refractivity contribution in [1.82, 2.24) is 9.47 Å². The zero-order chi connectivity index (χ0) is 16.4. The Morgan fingerprint density at radius 3 is 2.65 bits per heavy atom. The van der Waals surface area contributed by atoms with Crippen LogP contribution in [0.4, 0.5) is 4.79 Å². The molecule has 1 aromatic carbocycles. The minimum Gasteiger partial charge on any atom is -0.347 e. The Morgan fingerprint density at radius 2 is 1.96 bits per heavy atom. The molecule has 1 aliphatic heterocycles. The summed E-state index contributed by atoms with van der Waals surface area (Å²) in [5, 5.41) is 0.500. The highest BCUT2D eigenvalue weighted by Crippen LogP contribution is 2.41. The number of likely N-dealkylation sites (N-methyl/N-ethyl adjacent to an activating group) is 1. The quantitative estimate of drug-likeness (QED) is 0.728. The zero-order valence-corrected chi connectivity index (χ0v) is 14.4. The minimum absolute atomic E-state index is 0.122. The van der Waals surface area contributed by atoms with E-state index in [1.54, 1.807) is 7.05 Å². The van der Waals surface area contributed by atoms with Crippen LogP contribution in [0.2, 0.25) is 0 Å². The Bertz CT molecular complexity index is 738. The number of hydrogen-bond acceptors (Lipinski definition) is 3. The van der Waals surface area contributed by atoms with Gasteiger partial charge in [0.2, 0.25) is 5.91 Å². The Kier molecular flexibility index (Phi) is 4.76. The third-order valence-corrected chi connectivity index (χ3v) is 5.60. The Hall–Kier alpha value is -1.75. The van der Waals surface area contributed by atoms with Crippen molar-refractivity contribution in [1.29, 1.82) is 0 Å². The van der Waals surface area contributed by atoms with Crippen LogP contribution in [-0.4, -0.2) is 27.7 Å². The molecule has 1 aromatic heterocycles. The second-order valence-electron chi connectivity index (χ2n) is 6.01. The highest BCUT2D eigenvalue weighted by atomic mass is 32.2. The lowest BCUT2D eigenvalue weighted by molar-refractivity contribution is -0.125. The molecule has 1 fully saturated rings. The van der Waals surface area contributed by atoms with Crippen LogP contribution < -0.4 is 0 Å². The molecule has 0 N–H and O–H groups in total. The molecule has 1 aliphatic rings. The van der Waals surface area contributed by atoms with Crippen molar-refractivity contribution in [3.05, 3.63) is 36.0 Å². The fourth-order valence-electron chi connectivity index (χ4n) is 3.07. The number of imide groups is 1. The largest absolute Gasteiger partial charge is 0.347 e. The van der Waals surface area contributed by atoms with Crippen molar-refractivity contribution >= 4 is 33.8 Å². The van der Waals surface area contributed by atoms with Crippen molar-refractivity contribution in [2.75, 3.05) is 7.05 Å². The number of amides is 2. The summed E-state index contributed by atoms with van der Waals surface area (Å²) in [6.45, 7) is 3.21. The van der Waals surface area contributed by atoms with Crippen molar-refractivity contribution in [3.63, 3.8) is 0 Å². The van der Waals surface area contributed by atoms with Gasteiger partial charge in [0.15, 0.2) is 0 Å². The Labute approximate surface area is 140 Å². The zero-order valence-electron chi connectivity index (χ0n) is 13.6. The molecule has 0 aliphatic carbocycles. The normalized spacial score (nSPS) is 18.3. The molecular formula is C18H22N2O2S. The molecule has 2 aromatic rings. The Balaban J connectivity index is 1.87. The van der Waals surface area contributed by atoms with Gasteiger partial charge in [0.1, 0.15) is 5.25 Å². The van der Waals surface area contributed by atoms with Gasteiger partial charge < -0.3 is 4.57 Å². The standard InChI is InChI=1S/C18H22N2O2S/c1-3-4-5-6-11-20-12-10-13-14(8-7-9-15(13)20)16-17(21)19(2)18(22)23-16/h7-10,12,16H,3-6,11H2,1-2H3. The number of fused-ring (bicyclic) bond motifs is 1. The van der Waals surface area contributed by atoms with E-state index in [0.29, 0.717) is 0 Å². The number of carbonyl (C=O) groups is 2. The van der Waals surface area contributed by atoms with Gasteiger partial charge in [0.05, 0.1) is 0 Å². The molecule has 2 amide bonds. The predicted octanol–water partition coefficient (Wildman–Crippen LogP) is 4.59. The number of aryl methyl sites for hydroxylation is 1. The average Bonchev–Trinajstić information content (AvgIpc) is 3.08. The van der Waals surface area contributed by atoms with Crippen LogP contribution in [0.1, 0.15) is 43.4 Å². The number of rotatable bonds is 6. The molecule has 23 heavy (non-hydrogen) atoms. The van der Waals surface area contributed by atoms with Gasteiger partial charge in [-0.25, -0.2) is 0 Å². The van der Waals surface area contributed by atoms with Crippen molar-refractivity contribution < 1.29 is 9.59 Å². The number of benzene rings is 1. The molecule has 3 rings (SSSR count). The lowest BCUT2D eigenvalue weighted by Crippen LogP contribution is -2.24. The second kappa shape index (κ2) is 6.79. The molecule has 4 nitrogen and oxygen atoms in total. The van der Waals surface area contributed by atoms with Gasteiger partial charge in [0.25, 0.3) is 5.24 Å². The molecule has 122 valence electrons. The molecule has 1 unspecified atom stereocenters. The van der Waals surface area contributed by atoms with E-state index in [9.17, 15) is 9.59 Å². The number of aromatic nitrogens is 1. The first-order valence-electron chi connectivity index (χ1n) is 8.19. The van der Waals surface area contributed by atoms with Crippen molar-refractivity contribution in [2.45, 2.75) is 44.4 Å². The molecule has 0 spiro atoms. The first kappa shape index (κ1) is 16.1. The van der Waals surface area contributed by atoms with E-state index in [1.165, 1.54) is 30.6 Å². The Morgan fingerprint density at radius 1 is 1.13 bits per heavy atom. The minimum atomic E-state index is -0.410. The van der Waals surface area contributed by atoms with Gasteiger partial charge in [-0.15, -0.1) is 0 Å². The monoisotopic (exact) mass is 330 g/mol. The summed E-state index contributed by atoms with van der Waals surface area (Å²) in [5.74, 6) is -0.122. The van der Waals surface area contributed by atoms with Gasteiger partial charge in [-0.2, -0.15) is 0 Å². The summed E-state index contributed by atoms with van der Waals surface area (Å²) in [5.41, 5.74) is 2.09. The number of hydrogen-bond donors (Lipinski definition) is 0.